The van der Waals surface area contributed by atoms with E-state index in [1.807, 2.05) is 0 Å². The highest BCUT2D eigenvalue weighted by molar-refractivity contribution is 8.04. The third kappa shape index (κ3) is 10.6. The zero-order valence-electron chi connectivity index (χ0n) is 36.3. The second-order valence-corrected chi connectivity index (χ2v) is 24.0. The normalized spacial score (nSPS) is 14.1. The molecule has 13 nitrogen and oxygen atoms in total. The monoisotopic (exact) mass is 947 g/mol. The van der Waals surface area contributed by atoms with E-state index in [2.05, 4.69) is 0 Å². The van der Waals surface area contributed by atoms with Gasteiger partial charge in [-0.3, -0.25) is 14.5 Å². The van der Waals surface area contributed by atoms with Crippen LogP contribution in [0.3, 0.4) is 0 Å². The Morgan fingerprint density at radius 2 is 0.734 bits per heavy atom. The Balaban J connectivity index is 1.32. The number of hydrogen-bond acceptors (Lipinski definition) is 10. The third-order valence-corrected chi connectivity index (χ3v) is 20.0. The summed E-state index contributed by atoms with van der Waals surface area (Å²) in [5.74, 6) is -0.621. The highest BCUT2D eigenvalue weighted by Crippen LogP contribution is 2.34. The Morgan fingerprint density at radius 3 is 1.09 bits per heavy atom. The molecule has 0 saturated heterocycles. The molecule has 0 fully saturated rings. The van der Waals surface area contributed by atoms with Crippen LogP contribution in [0.1, 0.15) is 94.3 Å². The zero-order valence-corrected chi connectivity index (χ0v) is 39.5. The second-order valence-electron chi connectivity index (χ2n) is 16.2. The fraction of sp³-hybridized carbons (Fsp3) is 0.319. The van der Waals surface area contributed by atoms with Gasteiger partial charge in [0.25, 0.3) is 51.9 Å². The molecule has 6 rings (SSSR count). The molecule has 0 N–H and O–H groups in total. The molecule has 64 heavy (non-hydrogen) atoms. The minimum Gasteiger partial charge on any atom is -0.274 e. The summed E-state index contributed by atoms with van der Waals surface area (Å²) in [7, 11) is -20.0. The molecular formula is C47H53N3O10S4. The number of rotatable bonds is 21. The zero-order chi connectivity index (χ0) is 46.5. The predicted octanol–water partition coefficient (Wildman–Crippen LogP) is 8.17. The number of hydrogen-bond donors (Lipinski definition) is 0. The minimum atomic E-state index is -5.02. The average molecular weight is 948 g/mol. The number of amides is 2. The molecular weight excluding hydrogens is 895 g/mol. The lowest BCUT2D eigenvalue weighted by Crippen LogP contribution is -2.52. The second kappa shape index (κ2) is 20.0. The van der Waals surface area contributed by atoms with E-state index in [0.717, 1.165) is 19.3 Å². The summed E-state index contributed by atoms with van der Waals surface area (Å²) >= 11 is 0. The van der Waals surface area contributed by atoms with E-state index < -0.39 is 52.7 Å². The topological polar surface area (TPSA) is 180 Å². The molecule has 1 heterocycles. The number of carbonyl (C=O) groups is 2. The van der Waals surface area contributed by atoms with E-state index in [1.165, 1.54) is 102 Å². The number of aryl methyl sites for hydroxylation is 4. The van der Waals surface area contributed by atoms with Crippen LogP contribution in [-0.2, 0) is 40.1 Å². The summed E-state index contributed by atoms with van der Waals surface area (Å²) in [5.41, 5.74) is 3.59. The molecule has 1 aliphatic heterocycles. The van der Waals surface area contributed by atoms with Gasteiger partial charge in [-0.1, -0.05) is 129 Å². The maximum atomic E-state index is 14.9. The van der Waals surface area contributed by atoms with Gasteiger partial charge in [-0.2, -0.15) is 0 Å². The van der Waals surface area contributed by atoms with Gasteiger partial charge in [0.2, 0.25) is 0 Å². The summed E-state index contributed by atoms with van der Waals surface area (Å²) in [4.78, 5) is 25.3. The van der Waals surface area contributed by atoms with E-state index in [9.17, 15) is 43.3 Å². The largest absolute Gasteiger partial charge is 0.274 e. The summed E-state index contributed by atoms with van der Waals surface area (Å²) in [5, 5.41) is 0. The number of carbonyl (C=O) groups excluding carboxylic acids is 2. The van der Waals surface area contributed by atoms with E-state index in [4.69, 9.17) is 0 Å². The van der Waals surface area contributed by atoms with Crippen LogP contribution >= 0.6 is 0 Å². The molecule has 0 aromatic heterocycles. The van der Waals surface area contributed by atoms with Crippen molar-refractivity contribution >= 4 is 51.9 Å². The van der Waals surface area contributed by atoms with Crippen molar-refractivity contribution in [3.63, 3.8) is 0 Å². The Labute approximate surface area is 378 Å². The lowest BCUT2D eigenvalue weighted by atomic mass is 10.1. The van der Waals surface area contributed by atoms with Crippen molar-refractivity contribution < 1.29 is 43.3 Å². The molecule has 17 heteroatoms. The van der Waals surface area contributed by atoms with Crippen molar-refractivity contribution in [3.8, 4) is 0 Å². The lowest BCUT2D eigenvalue weighted by molar-refractivity contribution is 0.0651. The molecule has 1 unspecified atom stereocenters. The number of fused-ring (bicyclic) bond motifs is 1. The van der Waals surface area contributed by atoms with Crippen molar-refractivity contribution in [1.82, 2.24) is 12.3 Å². The number of nitrogens with zero attached hydrogens (tertiary/aromatic N) is 3. The van der Waals surface area contributed by atoms with Crippen LogP contribution in [0.4, 0.5) is 0 Å². The first kappa shape index (κ1) is 48.4. The van der Waals surface area contributed by atoms with Crippen LogP contribution in [0.5, 0.6) is 0 Å². The SMILES string of the molecule is Cc1ccc(S(=O)(=O)N(CC(CCCCCCCCCN2C(=O)c3ccccc3C2=O)N(S(=O)(=O)c2ccc(C)cc2)S(=O)(=O)c2ccc(C)cc2)S(=O)(=O)c2ccc(C)cc2)cc1. The Hall–Kier alpha value is -5.04. The van der Waals surface area contributed by atoms with Gasteiger partial charge in [0.15, 0.2) is 0 Å². The van der Waals surface area contributed by atoms with Crippen molar-refractivity contribution in [2.75, 3.05) is 13.1 Å². The first-order valence-electron chi connectivity index (χ1n) is 21.1. The summed E-state index contributed by atoms with van der Waals surface area (Å²) in [6, 6.07) is 27.0. The molecule has 340 valence electrons. The van der Waals surface area contributed by atoms with E-state index in [-0.39, 0.29) is 54.5 Å². The first-order valence-corrected chi connectivity index (χ1v) is 26.8. The van der Waals surface area contributed by atoms with Crippen molar-refractivity contribution in [2.24, 2.45) is 0 Å². The minimum absolute atomic E-state index is 0.200. The molecule has 1 aliphatic rings. The molecule has 0 saturated carbocycles. The smallest absolute Gasteiger partial charge is 0.261 e. The molecule has 2 amide bonds. The Bertz CT molecular complexity index is 2740. The average Bonchev–Trinajstić information content (AvgIpc) is 3.49. The summed E-state index contributed by atoms with van der Waals surface area (Å²) in [6.45, 7) is 6.14. The van der Waals surface area contributed by atoms with Gasteiger partial charge in [-0.05, 0) is 101 Å². The highest BCUT2D eigenvalue weighted by atomic mass is 32.3. The quantitative estimate of drug-likeness (QED) is 0.0514. The van der Waals surface area contributed by atoms with Crippen LogP contribution in [0.25, 0.3) is 0 Å². The number of imide groups is 1. The van der Waals surface area contributed by atoms with Gasteiger partial charge in [-0.25, -0.2) is 33.7 Å². The summed E-state index contributed by atoms with van der Waals surface area (Å²) < 4.78 is 119. The van der Waals surface area contributed by atoms with Gasteiger partial charge >= 0.3 is 0 Å². The van der Waals surface area contributed by atoms with Crippen molar-refractivity contribution in [1.29, 1.82) is 0 Å². The number of sulfonamides is 4. The third-order valence-electron chi connectivity index (χ3n) is 11.2. The predicted molar refractivity (Wildman–Crippen MR) is 245 cm³/mol. The van der Waals surface area contributed by atoms with E-state index >= 15 is 0 Å². The van der Waals surface area contributed by atoms with Gasteiger partial charge in [-0.15, -0.1) is 0 Å². The van der Waals surface area contributed by atoms with Gasteiger partial charge in [0.1, 0.15) is 0 Å². The number of benzene rings is 5. The lowest BCUT2D eigenvalue weighted by Gasteiger charge is -2.33. The van der Waals surface area contributed by atoms with Gasteiger partial charge in [0, 0.05) is 13.1 Å². The van der Waals surface area contributed by atoms with Gasteiger partial charge in [0.05, 0.1) is 36.8 Å². The van der Waals surface area contributed by atoms with Crippen LogP contribution < -0.4 is 0 Å². The molecule has 0 aliphatic carbocycles. The van der Waals surface area contributed by atoms with E-state index in [1.54, 1.807) is 52.0 Å². The maximum absolute atomic E-state index is 14.9. The highest BCUT2D eigenvalue weighted by Gasteiger charge is 2.47. The van der Waals surface area contributed by atoms with Gasteiger partial charge < -0.3 is 0 Å². The molecule has 5 aromatic carbocycles. The summed E-state index contributed by atoms with van der Waals surface area (Å²) in [6.07, 6.45) is 3.84. The van der Waals surface area contributed by atoms with Crippen molar-refractivity contribution in [3.05, 3.63) is 155 Å². The molecule has 1 atom stereocenters. The van der Waals surface area contributed by atoms with E-state index in [0.29, 0.717) is 56.4 Å². The van der Waals surface area contributed by atoms with Crippen molar-refractivity contribution in [2.45, 2.75) is 105 Å². The maximum Gasteiger partial charge on any atom is 0.261 e. The van der Waals surface area contributed by atoms with Crippen LogP contribution in [0, 0.1) is 27.7 Å². The fourth-order valence-electron chi connectivity index (χ4n) is 7.54. The number of unbranched alkanes of at least 4 members (excludes halogenated alkanes) is 6. The van der Waals surface area contributed by atoms with Crippen LogP contribution in [0.15, 0.2) is 141 Å². The molecule has 0 bridgehead atoms. The molecule has 0 spiro atoms. The first-order chi connectivity index (χ1) is 30.3. The molecule has 5 aromatic rings. The van der Waals surface area contributed by atoms with Crippen LogP contribution in [-0.4, -0.2) is 76.9 Å². The molecule has 0 radical (unpaired) electrons. The Morgan fingerprint density at radius 1 is 0.422 bits per heavy atom. The Kier molecular flexibility index (Phi) is 15.1. The van der Waals surface area contributed by atoms with Crippen LogP contribution in [0.2, 0.25) is 0 Å². The fourth-order valence-corrected chi connectivity index (χ4v) is 15.3. The standard InChI is InChI=1S/C47H53N3O10S4/c1-35-17-25-40(26-18-35)61(53,54)49(62(55,56)41-27-19-36(2)20-28-41)34-39(14-10-8-6-5-7-9-13-33-48-46(51)44-15-11-12-16-45(44)47(48)52)50(63(57,58)42-29-21-37(3)22-30-42)64(59,60)43-31-23-38(4)24-32-43/h11-12,15-32,39H,5-10,13-14,33-34H2,1-4H3.